The molecule has 0 spiro atoms. The van der Waals surface area contributed by atoms with Gasteiger partial charge in [-0.15, -0.1) is 0 Å². The molecule has 78 valence electrons. The highest BCUT2D eigenvalue weighted by atomic mass is 32.2. The van der Waals surface area contributed by atoms with Crippen molar-refractivity contribution < 1.29 is 8.42 Å². The number of nitrogens with two attached hydrogens (primary N) is 1. The average Bonchev–Trinajstić information content (AvgIpc) is 1.79. The molecule has 0 amide bonds. The maximum absolute atomic E-state index is 11.0. The van der Waals surface area contributed by atoms with E-state index in [2.05, 4.69) is 13.8 Å². The quantitative estimate of drug-likeness (QED) is 0.699. The second kappa shape index (κ2) is 3.55. The van der Waals surface area contributed by atoms with Crippen LogP contribution in [0.15, 0.2) is 0 Å². The molecular weight excluding hydrogens is 188 g/mol. The van der Waals surface area contributed by atoms with Crippen molar-refractivity contribution in [3.63, 3.8) is 0 Å². The number of rotatable bonds is 3. The highest BCUT2D eigenvalue weighted by molar-refractivity contribution is 7.88. The Morgan fingerprint density at radius 2 is 1.85 bits per heavy atom. The third kappa shape index (κ3) is 2.42. The van der Waals surface area contributed by atoms with Gasteiger partial charge in [-0.1, -0.05) is 13.8 Å². The number of nitrogens with zero attached hydrogens (tertiary/aromatic N) is 1. The Bertz CT molecular complexity index is 268. The Balaban J connectivity index is 2.42. The lowest BCUT2D eigenvalue weighted by Gasteiger charge is -2.41. The summed E-state index contributed by atoms with van der Waals surface area (Å²) in [6.45, 7) is 5.32. The third-order valence-electron chi connectivity index (χ3n) is 2.66. The fourth-order valence-electron chi connectivity index (χ4n) is 1.53. The van der Waals surface area contributed by atoms with Crippen LogP contribution in [0, 0.1) is 11.8 Å². The molecule has 0 aliphatic carbocycles. The van der Waals surface area contributed by atoms with E-state index in [1.807, 2.05) is 0 Å². The van der Waals surface area contributed by atoms with Crippen LogP contribution in [0.5, 0.6) is 0 Å². The summed E-state index contributed by atoms with van der Waals surface area (Å²) in [6, 6.07) is 0.123. The highest BCUT2D eigenvalue weighted by Gasteiger charge is 2.37. The molecule has 1 saturated heterocycles. The minimum Gasteiger partial charge on any atom is -0.327 e. The Kier molecular flexibility index (Phi) is 2.99. The van der Waals surface area contributed by atoms with Crippen molar-refractivity contribution >= 4 is 10.0 Å². The minimum atomic E-state index is -2.98. The fourth-order valence-corrected chi connectivity index (χ4v) is 2.45. The smallest absolute Gasteiger partial charge is 0.211 e. The molecule has 5 heteroatoms. The SMILES string of the molecule is CC(C)C(N)C1CN(S(C)(=O)=O)C1. The molecule has 0 aromatic rings. The first-order chi connectivity index (χ1) is 5.82. The van der Waals surface area contributed by atoms with E-state index in [9.17, 15) is 8.42 Å². The van der Waals surface area contributed by atoms with Crippen molar-refractivity contribution in [2.24, 2.45) is 17.6 Å². The molecule has 0 radical (unpaired) electrons. The van der Waals surface area contributed by atoms with Gasteiger partial charge in [0, 0.05) is 25.0 Å². The lowest BCUT2D eigenvalue weighted by atomic mass is 9.87. The van der Waals surface area contributed by atoms with Crippen LogP contribution in [-0.2, 0) is 10.0 Å². The van der Waals surface area contributed by atoms with Crippen molar-refractivity contribution in [3.05, 3.63) is 0 Å². The molecular formula is C8H18N2O2S. The molecule has 1 atom stereocenters. The summed E-state index contributed by atoms with van der Waals surface area (Å²) >= 11 is 0. The molecule has 0 aromatic heterocycles. The van der Waals surface area contributed by atoms with Gasteiger partial charge in [0.15, 0.2) is 0 Å². The van der Waals surface area contributed by atoms with Crippen LogP contribution < -0.4 is 5.73 Å². The summed E-state index contributed by atoms with van der Waals surface area (Å²) in [4.78, 5) is 0. The van der Waals surface area contributed by atoms with E-state index in [-0.39, 0.29) is 6.04 Å². The van der Waals surface area contributed by atoms with Crippen LogP contribution in [0.1, 0.15) is 13.8 Å². The molecule has 1 aliphatic heterocycles. The van der Waals surface area contributed by atoms with Crippen LogP contribution >= 0.6 is 0 Å². The molecule has 1 fully saturated rings. The lowest BCUT2D eigenvalue weighted by Crippen LogP contribution is -2.57. The molecule has 1 aliphatic rings. The van der Waals surface area contributed by atoms with Gasteiger partial charge in [-0.3, -0.25) is 0 Å². The maximum atomic E-state index is 11.0. The average molecular weight is 206 g/mol. The van der Waals surface area contributed by atoms with E-state index in [4.69, 9.17) is 5.73 Å². The predicted octanol–water partition coefficient (Wildman–Crippen LogP) is -0.139. The van der Waals surface area contributed by atoms with Crippen molar-refractivity contribution in [2.45, 2.75) is 19.9 Å². The van der Waals surface area contributed by atoms with Crippen LogP contribution in [0.3, 0.4) is 0 Å². The van der Waals surface area contributed by atoms with Gasteiger partial charge < -0.3 is 5.73 Å². The standard InChI is InChI=1S/C8H18N2O2S/c1-6(2)8(9)7-4-10(5-7)13(3,11)12/h6-8H,4-5,9H2,1-3H3. The first-order valence-corrected chi connectivity index (χ1v) is 6.38. The zero-order chi connectivity index (χ0) is 10.2. The van der Waals surface area contributed by atoms with Crippen LogP contribution in [0.2, 0.25) is 0 Å². The zero-order valence-electron chi connectivity index (χ0n) is 8.40. The van der Waals surface area contributed by atoms with Gasteiger partial charge in [0.2, 0.25) is 10.0 Å². The first-order valence-electron chi connectivity index (χ1n) is 4.53. The van der Waals surface area contributed by atoms with Crippen molar-refractivity contribution in [3.8, 4) is 0 Å². The zero-order valence-corrected chi connectivity index (χ0v) is 9.21. The lowest BCUT2D eigenvalue weighted by molar-refractivity contribution is 0.150. The van der Waals surface area contributed by atoms with Crippen molar-refractivity contribution in [1.82, 2.24) is 4.31 Å². The Hall–Kier alpha value is -0.130. The molecule has 0 aromatic carbocycles. The van der Waals surface area contributed by atoms with E-state index in [0.29, 0.717) is 24.9 Å². The summed E-state index contributed by atoms with van der Waals surface area (Å²) in [7, 11) is -2.98. The second-order valence-corrected chi connectivity index (χ2v) is 6.14. The summed E-state index contributed by atoms with van der Waals surface area (Å²) in [5, 5.41) is 0. The van der Waals surface area contributed by atoms with Gasteiger partial charge in [-0.25, -0.2) is 12.7 Å². The summed E-state index contributed by atoms with van der Waals surface area (Å²) < 4.78 is 23.5. The number of sulfonamides is 1. The van der Waals surface area contributed by atoms with Gasteiger partial charge in [0.05, 0.1) is 6.26 Å². The highest BCUT2D eigenvalue weighted by Crippen LogP contribution is 2.24. The minimum absolute atomic E-state index is 0.123. The van der Waals surface area contributed by atoms with E-state index in [0.717, 1.165) is 0 Å². The Morgan fingerprint density at radius 3 is 2.15 bits per heavy atom. The summed E-state index contributed by atoms with van der Waals surface area (Å²) in [5.41, 5.74) is 5.91. The van der Waals surface area contributed by atoms with Crippen LogP contribution in [-0.4, -0.2) is 38.1 Å². The predicted molar refractivity (Wildman–Crippen MR) is 52.7 cm³/mol. The van der Waals surface area contributed by atoms with Crippen LogP contribution in [0.4, 0.5) is 0 Å². The third-order valence-corrected chi connectivity index (χ3v) is 3.90. The second-order valence-electron chi connectivity index (χ2n) is 4.16. The molecule has 1 unspecified atom stereocenters. The van der Waals surface area contributed by atoms with Crippen molar-refractivity contribution in [2.75, 3.05) is 19.3 Å². The van der Waals surface area contributed by atoms with Gasteiger partial charge in [0.1, 0.15) is 0 Å². The number of hydrogen-bond acceptors (Lipinski definition) is 3. The molecule has 0 saturated carbocycles. The van der Waals surface area contributed by atoms with Gasteiger partial charge in [-0.05, 0) is 5.92 Å². The normalized spacial score (nSPS) is 23.2. The molecule has 13 heavy (non-hydrogen) atoms. The summed E-state index contributed by atoms with van der Waals surface area (Å²) in [5.74, 6) is 0.765. The van der Waals surface area contributed by atoms with Crippen LogP contribution in [0.25, 0.3) is 0 Å². The van der Waals surface area contributed by atoms with Gasteiger partial charge in [0.25, 0.3) is 0 Å². The topological polar surface area (TPSA) is 63.4 Å². The fraction of sp³-hybridized carbons (Fsp3) is 1.00. The Labute approximate surface area is 80.1 Å². The van der Waals surface area contributed by atoms with E-state index >= 15 is 0 Å². The maximum Gasteiger partial charge on any atom is 0.211 e. The monoisotopic (exact) mass is 206 g/mol. The van der Waals surface area contributed by atoms with E-state index in [1.165, 1.54) is 10.6 Å². The van der Waals surface area contributed by atoms with Gasteiger partial charge in [-0.2, -0.15) is 0 Å². The molecule has 4 nitrogen and oxygen atoms in total. The molecule has 2 N–H and O–H groups in total. The molecule has 1 heterocycles. The largest absolute Gasteiger partial charge is 0.327 e. The summed E-state index contributed by atoms with van der Waals surface area (Å²) in [6.07, 6.45) is 1.24. The van der Waals surface area contributed by atoms with Crippen molar-refractivity contribution in [1.29, 1.82) is 0 Å². The van der Waals surface area contributed by atoms with E-state index in [1.54, 1.807) is 0 Å². The van der Waals surface area contributed by atoms with Gasteiger partial charge >= 0.3 is 0 Å². The van der Waals surface area contributed by atoms with E-state index < -0.39 is 10.0 Å². The first kappa shape index (κ1) is 10.9. The molecule has 0 bridgehead atoms. The number of hydrogen-bond donors (Lipinski definition) is 1. The molecule has 1 rings (SSSR count). The Morgan fingerprint density at radius 1 is 1.38 bits per heavy atom.